The second-order valence-corrected chi connectivity index (χ2v) is 4.14. The molecule has 0 aromatic heterocycles. The van der Waals surface area contributed by atoms with Crippen LogP contribution in [0.2, 0.25) is 0 Å². The first-order valence-electron chi connectivity index (χ1n) is 3.61. The van der Waals surface area contributed by atoms with Gasteiger partial charge in [-0.2, -0.15) is 0 Å². The number of ether oxygens (including phenoxy) is 2. The predicted molar refractivity (Wildman–Crippen MR) is 54.4 cm³/mol. The molecule has 0 fully saturated rings. The van der Waals surface area contributed by atoms with Crippen LogP contribution in [0.3, 0.4) is 0 Å². The molecule has 1 atom stereocenters. The van der Waals surface area contributed by atoms with Crippen LogP contribution in [0.4, 0.5) is 0 Å². The number of methoxy groups -OCH3 is 2. The molecule has 0 spiro atoms. The van der Waals surface area contributed by atoms with Crippen LogP contribution in [0.1, 0.15) is 0 Å². The van der Waals surface area contributed by atoms with Crippen molar-refractivity contribution in [2.75, 3.05) is 14.2 Å². The maximum Gasteiger partial charge on any atom is 1.00 e. The minimum atomic E-state index is -2.30. The van der Waals surface area contributed by atoms with Crippen LogP contribution in [-0.2, 0) is 11.1 Å². The summed E-state index contributed by atoms with van der Waals surface area (Å²) in [6.07, 6.45) is 0. The van der Waals surface area contributed by atoms with Gasteiger partial charge in [0, 0.05) is 15.4 Å². The Labute approximate surface area is 121 Å². The van der Waals surface area contributed by atoms with Crippen molar-refractivity contribution in [2.45, 2.75) is 4.90 Å². The molecule has 15 heavy (non-hydrogen) atoms. The normalized spacial score (nSPS) is 11.5. The molecular formula is C8H8BrNaO4S. The summed E-state index contributed by atoms with van der Waals surface area (Å²) in [5.41, 5.74) is 0. The molecule has 4 nitrogen and oxygen atoms in total. The van der Waals surface area contributed by atoms with E-state index in [1.807, 2.05) is 0 Å². The van der Waals surface area contributed by atoms with Gasteiger partial charge >= 0.3 is 29.6 Å². The number of halogens is 1. The summed E-state index contributed by atoms with van der Waals surface area (Å²) >= 11 is 0.828. The summed E-state index contributed by atoms with van der Waals surface area (Å²) in [6.45, 7) is 0. The Hall–Kier alpha value is 0.410. The average molecular weight is 303 g/mol. The number of hydrogen-bond acceptors (Lipinski definition) is 4. The largest absolute Gasteiger partial charge is 1.00 e. The molecule has 0 saturated heterocycles. The zero-order chi connectivity index (χ0) is 10.7. The van der Waals surface area contributed by atoms with E-state index >= 15 is 0 Å². The summed E-state index contributed by atoms with van der Waals surface area (Å²) in [6, 6.07) is 2.94. The Balaban J connectivity index is 0.00000196. The molecule has 1 unspecified atom stereocenters. The summed E-state index contributed by atoms with van der Waals surface area (Å²) in [4.78, 5) is 0.141. The fourth-order valence-electron chi connectivity index (χ4n) is 0.963. The first-order chi connectivity index (χ1) is 6.60. The van der Waals surface area contributed by atoms with E-state index in [2.05, 4.69) is 15.9 Å². The van der Waals surface area contributed by atoms with Crippen LogP contribution >= 0.6 is 15.9 Å². The standard InChI is InChI=1S/C8H9BrO4S.Na/c1-12-6-3-5(9)8(14(10)11)4-7(6)13-2;/h3-4H,1-2H3,(H,10,11);/q;+1/p-1. The molecule has 1 aromatic rings. The van der Waals surface area contributed by atoms with Crippen molar-refractivity contribution >= 4 is 27.0 Å². The third-order valence-electron chi connectivity index (χ3n) is 1.62. The Kier molecular flexibility index (Phi) is 7.07. The van der Waals surface area contributed by atoms with Gasteiger partial charge in [-0.3, -0.25) is 4.21 Å². The predicted octanol–water partition coefficient (Wildman–Crippen LogP) is -1.29. The molecule has 1 aromatic carbocycles. The summed E-state index contributed by atoms with van der Waals surface area (Å²) in [5, 5.41) is 0. The Morgan fingerprint density at radius 2 is 1.73 bits per heavy atom. The summed E-state index contributed by atoms with van der Waals surface area (Å²) < 4.78 is 31.9. The van der Waals surface area contributed by atoms with Crippen LogP contribution < -0.4 is 39.0 Å². The SMILES string of the molecule is COc1cc(Br)c(S(=O)[O-])cc1OC.[Na+]. The Morgan fingerprint density at radius 3 is 2.13 bits per heavy atom. The minimum absolute atomic E-state index is 0. The third-order valence-corrected chi connectivity index (χ3v) is 3.23. The average Bonchev–Trinajstić information content (AvgIpc) is 2.16. The van der Waals surface area contributed by atoms with Crippen molar-refractivity contribution in [1.29, 1.82) is 0 Å². The molecule has 7 heteroatoms. The van der Waals surface area contributed by atoms with Crippen LogP contribution in [0.5, 0.6) is 11.5 Å². The van der Waals surface area contributed by atoms with Gasteiger partial charge in [-0.05, 0) is 33.1 Å². The fourth-order valence-corrected chi connectivity index (χ4v) is 2.10. The van der Waals surface area contributed by atoms with E-state index < -0.39 is 11.1 Å². The first kappa shape index (κ1) is 15.4. The van der Waals surface area contributed by atoms with Crippen molar-refractivity contribution in [2.24, 2.45) is 0 Å². The molecule has 0 saturated carbocycles. The number of rotatable bonds is 3. The molecule has 0 aliphatic carbocycles. The molecule has 0 heterocycles. The third kappa shape index (κ3) is 3.72. The smallest absolute Gasteiger partial charge is 0.768 e. The zero-order valence-electron chi connectivity index (χ0n) is 8.57. The van der Waals surface area contributed by atoms with Gasteiger partial charge in [-0.1, -0.05) is 0 Å². The molecule has 0 radical (unpaired) electrons. The van der Waals surface area contributed by atoms with Crippen molar-refractivity contribution in [3.63, 3.8) is 0 Å². The number of benzene rings is 1. The van der Waals surface area contributed by atoms with Gasteiger partial charge in [-0.25, -0.2) is 0 Å². The van der Waals surface area contributed by atoms with Crippen LogP contribution in [-0.4, -0.2) is 23.0 Å². The van der Waals surface area contributed by atoms with Gasteiger partial charge < -0.3 is 14.0 Å². The molecule has 0 amide bonds. The van der Waals surface area contributed by atoms with Crippen LogP contribution in [0.15, 0.2) is 21.5 Å². The van der Waals surface area contributed by atoms with E-state index in [1.165, 1.54) is 20.3 Å². The maximum atomic E-state index is 10.8. The van der Waals surface area contributed by atoms with Crippen molar-refractivity contribution in [3.05, 3.63) is 16.6 Å². The van der Waals surface area contributed by atoms with Gasteiger partial charge in [0.25, 0.3) is 0 Å². The van der Waals surface area contributed by atoms with Gasteiger partial charge in [0.15, 0.2) is 11.5 Å². The Morgan fingerprint density at radius 1 is 1.27 bits per heavy atom. The molecular weight excluding hydrogens is 295 g/mol. The second kappa shape index (κ2) is 6.88. The van der Waals surface area contributed by atoms with E-state index in [9.17, 15) is 8.76 Å². The van der Waals surface area contributed by atoms with E-state index in [4.69, 9.17) is 9.47 Å². The van der Waals surface area contributed by atoms with Gasteiger partial charge in [-0.15, -0.1) is 0 Å². The van der Waals surface area contributed by atoms with Crippen LogP contribution in [0.25, 0.3) is 0 Å². The van der Waals surface area contributed by atoms with Crippen molar-refractivity contribution < 1.29 is 47.8 Å². The van der Waals surface area contributed by atoms with Gasteiger partial charge in [0.1, 0.15) is 0 Å². The van der Waals surface area contributed by atoms with Crippen molar-refractivity contribution in [3.8, 4) is 11.5 Å². The van der Waals surface area contributed by atoms with E-state index in [1.54, 1.807) is 6.07 Å². The molecule has 0 bridgehead atoms. The zero-order valence-corrected chi connectivity index (χ0v) is 13.0. The van der Waals surface area contributed by atoms with Crippen molar-refractivity contribution in [1.82, 2.24) is 0 Å². The monoisotopic (exact) mass is 302 g/mol. The molecule has 78 valence electrons. The quantitative estimate of drug-likeness (QED) is 0.515. The number of hydrogen-bond donors (Lipinski definition) is 0. The first-order valence-corrected chi connectivity index (χ1v) is 5.47. The summed E-state index contributed by atoms with van der Waals surface area (Å²) in [5.74, 6) is 0.864. The van der Waals surface area contributed by atoms with E-state index in [0.29, 0.717) is 16.0 Å². The van der Waals surface area contributed by atoms with E-state index in [0.717, 1.165) is 0 Å². The maximum absolute atomic E-state index is 10.8. The summed E-state index contributed by atoms with van der Waals surface area (Å²) in [7, 11) is 2.93. The minimum Gasteiger partial charge on any atom is -0.768 e. The molecule has 0 aliphatic rings. The van der Waals surface area contributed by atoms with Crippen LogP contribution in [0, 0.1) is 0 Å². The fraction of sp³-hybridized carbons (Fsp3) is 0.250. The second-order valence-electron chi connectivity index (χ2n) is 2.37. The topological polar surface area (TPSA) is 58.6 Å². The molecule has 0 aliphatic heterocycles. The Bertz CT molecular complexity index is 372. The molecule has 0 N–H and O–H groups in total. The van der Waals surface area contributed by atoms with Gasteiger partial charge in [0.05, 0.1) is 14.2 Å². The van der Waals surface area contributed by atoms with Gasteiger partial charge in [0.2, 0.25) is 0 Å². The van der Waals surface area contributed by atoms with E-state index in [-0.39, 0.29) is 34.5 Å². The molecule has 1 rings (SSSR count).